The molecule has 0 spiro atoms. The summed E-state index contributed by atoms with van der Waals surface area (Å²) in [5, 5.41) is 0. The van der Waals surface area contributed by atoms with Crippen LogP contribution in [-0.4, -0.2) is 28.7 Å². The van der Waals surface area contributed by atoms with Gasteiger partial charge in [-0.2, -0.15) is 0 Å². The summed E-state index contributed by atoms with van der Waals surface area (Å²) in [4.78, 5) is 11.3. The molecule has 20 heavy (non-hydrogen) atoms. The smallest absolute Gasteiger partial charge is 0.744 e. The zero-order valence-corrected chi connectivity index (χ0v) is 14.5. The van der Waals surface area contributed by atoms with Gasteiger partial charge in [-0.15, -0.1) is 0 Å². The maximum atomic E-state index is 11.8. The van der Waals surface area contributed by atoms with Crippen LogP contribution in [0.25, 0.3) is 11.0 Å². The Labute approximate surface area is 138 Å². The van der Waals surface area contributed by atoms with Crippen LogP contribution in [-0.2, 0) is 24.2 Å². The monoisotopic (exact) mass is 308 g/mol. The molecule has 2 aromatic rings. The molecule has 0 radical (unpaired) electrons. The zero-order valence-electron chi connectivity index (χ0n) is 11.7. The minimum Gasteiger partial charge on any atom is -0.744 e. The molecule has 2 rings (SSSR count). The fraction of sp³-hybridized carbons (Fsp3) is 0.364. The van der Waals surface area contributed by atoms with E-state index in [0.717, 1.165) is 0 Å². The summed E-state index contributed by atoms with van der Waals surface area (Å²) >= 11 is 0. The number of aryl methyl sites for hydroxylation is 2. The van der Waals surface area contributed by atoms with E-state index < -0.39 is 15.0 Å². The number of ether oxygens (including phenoxy) is 1. The molecule has 104 valence electrons. The van der Waals surface area contributed by atoms with Gasteiger partial charge in [0.25, 0.3) is 0 Å². The summed E-state index contributed by atoms with van der Waals surface area (Å²) in [6.45, 7) is 1.89. The minimum absolute atomic E-state index is 0. The van der Waals surface area contributed by atoms with Gasteiger partial charge in [-0.05, 0) is 13.0 Å². The molecule has 0 atom stereocenters. The fourth-order valence-corrected chi connectivity index (χ4v) is 2.59. The van der Waals surface area contributed by atoms with Crippen LogP contribution in [0.4, 0.5) is 0 Å². The second kappa shape index (κ2) is 5.90. The normalized spacial score (nSPS) is 11.4. The van der Waals surface area contributed by atoms with E-state index >= 15 is 0 Å². The molecule has 0 unspecified atom stereocenters. The second-order valence-electron chi connectivity index (χ2n) is 4.08. The first-order valence-electron chi connectivity index (χ1n) is 5.55. The van der Waals surface area contributed by atoms with E-state index in [1.165, 1.54) is 28.3 Å². The van der Waals surface area contributed by atoms with Gasteiger partial charge in [-0.1, -0.05) is 0 Å². The van der Waals surface area contributed by atoms with E-state index in [1.807, 2.05) is 0 Å². The van der Waals surface area contributed by atoms with E-state index in [0.29, 0.717) is 11.0 Å². The van der Waals surface area contributed by atoms with Crippen molar-refractivity contribution in [2.45, 2.75) is 11.8 Å². The van der Waals surface area contributed by atoms with Crippen molar-refractivity contribution in [2.24, 2.45) is 14.1 Å². The maximum absolute atomic E-state index is 11.8. The Balaban J connectivity index is 0.00000200. The van der Waals surface area contributed by atoms with Crippen molar-refractivity contribution < 1.29 is 47.3 Å². The molecule has 9 heteroatoms. The molecule has 0 N–H and O–H groups in total. The molecule has 0 saturated heterocycles. The first-order valence-corrected chi connectivity index (χ1v) is 6.96. The van der Waals surface area contributed by atoms with Crippen LogP contribution >= 0.6 is 0 Å². The molecule has 0 aliphatic rings. The topological polar surface area (TPSA) is 93.4 Å². The Bertz CT molecular complexity index is 806. The van der Waals surface area contributed by atoms with Crippen molar-refractivity contribution in [2.75, 3.05) is 6.61 Å². The molecule has 0 saturated carbocycles. The van der Waals surface area contributed by atoms with Gasteiger partial charge >= 0.3 is 35.2 Å². The maximum Gasteiger partial charge on any atom is 1.00 e. The van der Waals surface area contributed by atoms with E-state index in [9.17, 15) is 17.8 Å². The number of hydrogen-bond acceptors (Lipinski definition) is 5. The number of imidazole rings is 1. The van der Waals surface area contributed by atoms with Crippen LogP contribution in [0.3, 0.4) is 0 Å². The van der Waals surface area contributed by atoms with Gasteiger partial charge < -0.3 is 9.29 Å². The number of aromatic nitrogens is 2. The molecule has 1 aromatic carbocycles. The SMILES string of the molecule is CCOc1cc2c(cc1S(=O)(=O)[O-])n(C)c(=O)n2C.[Na+]. The fourth-order valence-electron chi connectivity index (χ4n) is 1.97. The molecule has 0 amide bonds. The Morgan fingerprint density at radius 3 is 2.15 bits per heavy atom. The second-order valence-corrected chi connectivity index (χ2v) is 5.42. The number of benzene rings is 1. The van der Waals surface area contributed by atoms with E-state index in [1.54, 1.807) is 14.0 Å². The molecule has 0 aliphatic carbocycles. The molecule has 1 aromatic heterocycles. The van der Waals surface area contributed by atoms with Gasteiger partial charge in [0.1, 0.15) is 15.9 Å². The standard InChI is InChI=1S/C11H14N2O5S.Na/c1-4-18-9-5-7-8(6-10(9)19(15,16)17)13(3)11(14)12(7)2;/h5-6H,4H2,1-3H3,(H,15,16,17);/q;+1/p-1. The van der Waals surface area contributed by atoms with Gasteiger partial charge in [0.2, 0.25) is 0 Å². The average molecular weight is 308 g/mol. The Morgan fingerprint density at radius 1 is 1.20 bits per heavy atom. The summed E-state index contributed by atoms with van der Waals surface area (Å²) in [7, 11) is -1.60. The summed E-state index contributed by atoms with van der Waals surface area (Å²) in [6.07, 6.45) is 0. The van der Waals surface area contributed by atoms with Crippen LogP contribution in [0.2, 0.25) is 0 Å². The molecule has 0 bridgehead atoms. The van der Waals surface area contributed by atoms with Gasteiger partial charge in [0, 0.05) is 20.2 Å². The quantitative estimate of drug-likeness (QED) is 0.450. The predicted octanol–water partition coefficient (Wildman–Crippen LogP) is -2.82. The Hall–Kier alpha value is -0.800. The van der Waals surface area contributed by atoms with Crippen LogP contribution < -0.4 is 40.0 Å². The van der Waals surface area contributed by atoms with Crippen molar-refractivity contribution in [3.05, 3.63) is 22.6 Å². The summed E-state index contributed by atoms with van der Waals surface area (Å²) in [5.74, 6) is -0.0359. The summed E-state index contributed by atoms with van der Waals surface area (Å²) < 4.78 is 41.5. The number of fused-ring (bicyclic) bond motifs is 1. The van der Waals surface area contributed by atoms with Crippen molar-refractivity contribution >= 4 is 21.2 Å². The van der Waals surface area contributed by atoms with Crippen molar-refractivity contribution in [3.63, 3.8) is 0 Å². The van der Waals surface area contributed by atoms with Gasteiger partial charge in [-0.3, -0.25) is 9.13 Å². The van der Waals surface area contributed by atoms with Crippen LogP contribution in [0.1, 0.15) is 6.92 Å². The third kappa shape index (κ3) is 2.79. The third-order valence-electron chi connectivity index (χ3n) is 2.91. The summed E-state index contributed by atoms with van der Waals surface area (Å²) in [6, 6.07) is 2.56. The molecule has 7 nitrogen and oxygen atoms in total. The van der Waals surface area contributed by atoms with Crippen LogP contribution in [0, 0.1) is 0 Å². The molecular weight excluding hydrogens is 295 g/mol. The third-order valence-corrected chi connectivity index (χ3v) is 3.76. The number of nitrogens with zero attached hydrogens (tertiary/aromatic N) is 2. The van der Waals surface area contributed by atoms with Gasteiger partial charge in [0.05, 0.1) is 22.5 Å². The molecule has 1 heterocycles. The van der Waals surface area contributed by atoms with Gasteiger partial charge in [-0.25, -0.2) is 13.2 Å². The molecule has 0 aliphatic heterocycles. The van der Waals surface area contributed by atoms with Crippen molar-refractivity contribution in [3.8, 4) is 5.75 Å². The zero-order chi connectivity index (χ0) is 14.4. The molecular formula is C11H13N2NaO5S. The van der Waals surface area contributed by atoms with Crippen molar-refractivity contribution in [1.82, 2.24) is 9.13 Å². The first-order chi connectivity index (χ1) is 8.77. The minimum atomic E-state index is -4.67. The Kier molecular flexibility index (Phi) is 5.09. The predicted molar refractivity (Wildman–Crippen MR) is 67.3 cm³/mol. The molecule has 0 fully saturated rings. The van der Waals surface area contributed by atoms with Crippen LogP contribution in [0.5, 0.6) is 5.75 Å². The summed E-state index contributed by atoms with van der Waals surface area (Å²) in [5.41, 5.74) is 0.562. The first kappa shape index (κ1) is 17.3. The van der Waals surface area contributed by atoms with Crippen LogP contribution in [0.15, 0.2) is 21.8 Å². The average Bonchev–Trinajstić information content (AvgIpc) is 2.53. The van der Waals surface area contributed by atoms with E-state index in [-0.39, 0.29) is 47.6 Å². The largest absolute Gasteiger partial charge is 1.00 e. The number of rotatable bonds is 3. The van der Waals surface area contributed by atoms with E-state index in [4.69, 9.17) is 4.74 Å². The van der Waals surface area contributed by atoms with E-state index in [2.05, 4.69) is 0 Å². The Morgan fingerprint density at radius 2 is 1.70 bits per heavy atom. The van der Waals surface area contributed by atoms with Gasteiger partial charge in [0.15, 0.2) is 0 Å². The van der Waals surface area contributed by atoms with Crippen molar-refractivity contribution in [1.29, 1.82) is 0 Å². The number of hydrogen-bond donors (Lipinski definition) is 0.